The first kappa shape index (κ1) is 10.5. The van der Waals surface area contributed by atoms with Gasteiger partial charge in [0.15, 0.2) is 0 Å². The number of fused-ring (bicyclic) bond motifs is 1. The Kier molecular flexibility index (Phi) is 2.63. The van der Waals surface area contributed by atoms with Gasteiger partial charge in [-0.2, -0.15) is 0 Å². The van der Waals surface area contributed by atoms with E-state index in [0.29, 0.717) is 11.3 Å². The van der Waals surface area contributed by atoms with Gasteiger partial charge in [-0.25, -0.2) is 0 Å². The van der Waals surface area contributed by atoms with E-state index in [1.54, 1.807) is 0 Å². The van der Waals surface area contributed by atoms with Gasteiger partial charge in [0.25, 0.3) is 0 Å². The normalized spacial score (nSPS) is 38.1. The molecular weight excluding hydrogens is 172 g/mol. The highest BCUT2D eigenvalue weighted by molar-refractivity contribution is 5.04. The standard InChI is InChI=1S/C13H24O/c1-13(2,3)8-7-11(14)12-9-5-4-6-10(9)12/h9-12,14H,4-8H2,1-3H3. The Bertz CT molecular complexity index is 194. The lowest BCUT2D eigenvalue weighted by molar-refractivity contribution is 0.111. The summed E-state index contributed by atoms with van der Waals surface area (Å²) in [6.07, 6.45) is 6.37. The lowest BCUT2D eigenvalue weighted by Crippen LogP contribution is -2.16. The van der Waals surface area contributed by atoms with Crippen molar-refractivity contribution in [1.29, 1.82) is 0 Å². The fourth-order valence-electron chi connectivity index (χ4n) is 3.22. The molecule has 0 aromatic carbocycles. The van der Waals surface area contributed by atoms with Gasteiger partial charge in [0.1, 0.15) is 0 Å². The molecule has 1 N–H and O–H groups in total. The van der Waals surface area contributed by atoms with E-state index in [-0.39, 0.29) is 6.10 Å². The molecule has 0 bridgehead atoms. The van der Waals surface area contributed by atoms with Crippen LogP contribution in [0.4, 0.5) is 0 Å². The zero-order valence-corrected chi connectivity index (χ0v) is 9.79. The van der Waals surface area contributed by atoms with E-state index in [2.05, 4.69) is 20.8 Å². The third-order valence-corrected chi connectivity index (χ3v) is 4.11. The van der Waals surface area contributed by atoms with Crippen LogP contribution in [0.5, 0.6) is 0 Å². The van der Waals surface area contributed by atoms with E-state index in [1.165, 1.54) is 19.3 Å². The first-order valence-corrected chi connectivity index (χ1v) is 6.17. The third kappa shape index (κ3) is 2.13. The van der Waals surface area contributed by atoms with E-state index in [9.17, 15) is 5.11 Å². The Labute approximate surface area is 87.9 Å². The zero-order chi connectivity index (χ0) is 10.3. The summed E-state index contributed by atoms with van der Waals surface area (Å²) in [5.41, 5.74) is 0.380. The second kappa shape index (κ2) is 3.52. The van der Waals surface area contributed by atoms with Crippen molar-refractivity contribution in [3.8, 4) is 0 Å². The molecule has 0 radical (unpaired) electrons. The molecule has 3 atom stereocenters. The van der Waals surface area contributed by atoms with Crippen molar-refractivity contribution in [2.24, 2.45) is 23.2 Å². The zero-order valence-electron chi connectivity index (χ0n) is 9.79. The summed E-state index contributed by atoms with van der Waals surface area (Å²) in [4.78, 5) is 0. The Hall–Kier alpha value is -0.0400. The van der Waals surface area contributed by atoms with Crippen molar-refractivity contribution in [1.82, 2.24) is 0 Å². The van der Waals surface area contributed by atoms with Crippen molar-refractivity contribution in [2.75, 3.05) is 0 Å². The van der Waals surface area contributed by atoms with Gasteiger partial charge < -0.3 is 5.11 Å². The molecule has 0 aromatic heterocycles. The van der Waals surface area contributed by atoms with E-state index in [0.717, 1.165) is 24.7 Å². The predicted molar refractivity (Wildman–Crippen MR) is 59.0 cm³/mol. The first-order chi connectivity index (χ1) is 6.49. The highest BCUT2D eigenvalue weighted by Crippen LogP contribution is 2.59. The van der Waals surface area contributed by atoms with Crippen LogP contribution < -0.4 is 0 Å². The molecule has 14 heavy (non-hydrogen) atoms. The topological polar surface area (TPSA) is 20.2 Å². The maximum absolute atomic E-state index is 10.1. The molecule has 1 heteroatoms. The molecule has 2 saturated carbocycles. The SMILES string of the molecule is CC(C)(C)CCC(O)C1C2CCCC21. The van der Waals surface area contributed by atoms with Gasteiger partial charge in [0.2, 0.25) is 0 Å². The molecule has 0 heterocycles. The summed E-state index contributed by atoms with van der Waals surface area (Å²) in [6, 6.07) is 0. The van der Waals surface area contributed by atoms with Gasteiger partial charge >= 0.3 is 0 Å². The van der Waals surface area contributed by atoms with E-state index in [4.69, 9.17) is 0 Å². The van der Waals surface area contributed by atoms with Crippen LogP contribution in [0.3, 0.4) is 0 Å². The average molecular weight is 196 g/mol. The molecule has 0 amide bonds. The summed E-state index contributed by atoms with van der Waals surface area (Å²) in [5, 5.41) is 10.1. The van der Waals surface area contributed by atoms with Crippen LogP contribution in [0.2, 0.25) is 0 Å². The highest BCUT2D eigenvalue weighted by atomic mass is 16.3. The molecule has 1 nitrogen and oxygen atoms in total. The lowest BCUT2D eigenvalue weighted by Gasteiger charge is -2.21. The molecule has 82 valence electrons. The van der Waals surface area contributed by atoms with Crippen LogP contribution in [-0.2, 0) is 0 Å². The van der Waals surface area contributed by atoms with Crippen LogP contribution in [0.25, 0.3) is 0 Å². The smallest absolute Gasteiger partial charge is 0.0574 e. The number of aliphatic hydroxyl groups excluding tert-OH is 1. The van der Waals surface area contributed by atoms with Crippen molar-refractivity contribution in [3.05, 3.63) is 0 Å². The van der Waals surface area contributed by atoms with E-state index < -0.39 is 0 Å². The molecule has 0 aliphatic heterocycles. The van der Waals surface area contributed by atoms with Crippen molar-refractivity contribution >= 4 is 0 Å². The van der Waals surface area contributed by atoms with Gasteiger partial charge in [0.05, 0.1) is 6.10 Å². The Morgan fingerprint density at radius 3 is 2.29 bits per heavy atom. The average Bonchev–Trinajstić information content (AvgIpc) is 2.54. The van der Waals surface area contributed by atoms with Crippen LogP contribution in [0.15, 0.2) is 0 Å². The van der Waals surface area contributed by atoms with E-state index in [1.807, 2.05) is 0 Å². The van der Waals surface area contributed by atoms with Crippen LogP contribution in [-0.4, -0.2) is 11.2 Å². The summed E-state index contributed by atoms with van der Waals surface area (Å²) in [5.74, 6) is 2.50. The minimum atomic E-state index is 0.00419. The quantitative estimate of drug-likeness (QED) is 0.735. The molecule has 3 unspecified atom stereocenters. The van der Waals surface area contributed by atoms with Crippen molar-refractivity contribution in [2.45, 2.75) is 59.0 Å². The second-order valence-electron chi connectivity index (χ2n) is 6.50. The second-order valence-corrected chi connectivity index (χ2v) is 6.50. The summed E-state index contributed by atoms with van der Waals surface area (Å²) in [6.45, 7) is 6.77. The van der Waals surface area contributed by atoms with Gasteiger partial charge in [-0.05, 0) is 48.9 Å². The number of rotatable bonds is 3. The van der Waals surface area contributed by atoms with E-state index >= 15 is 0 Å². The molecule has 0 saturated heterocycles. The van der Waals surface area contributed by atoms with Gasteiger partial charge in [0, 0.05) is 0 Å². The van der Waals surface area contributed by atoms with Crippen LogP contribution >= 0.6 is 0 Å². The Balaban J connectivity index is 1.72. The van der Waals surface area contributed by atoms with Crippen molar-refractivity contribution in [3.63, 3.8) is 0 Å². The predicted octanol–water partition coefficient (Wildman–Crippen LogP) is 3.22. The van der Waals surface area contributed by atoms with Crippen molar-refractivity contribution < 1.29 is 5.11 Å². The highest BCUT2D eigenvalue weighted by Gasteiger charge is 2.55. The van der Waals surface area contributed by atoms with Crippen LogP contribution in [0.1, 0.15) is 52.9 Å². The van der Waals surface area contributed by atoms with Gasteiger partial charge in [-0.1, -0.05) is 27.2 Å². The lowest BCUT2D eigenvalue weighted by atomic mass is 9.88. The number of hydrogen-bond acceptors (Lipinski definition) is 1. The largest absolute Gasteiger partial charge is 0.393 e. The van der Waals surface area contributed by atoms with Gasteiger partial charge in [-0.15, -0.1) is 0 Å². The molecule has 2 rings (SSSR count). The Morgan fingerprint density at radius 2 is 1.79 bits per heavy atom. The summed E-state index contributed by atoms with van der Waals surface area (Å²) >= 11 is 0. The molecule has 0 spiro atoms. The fourth-order valence-corrected chi connectivity index (χ4v) is 3.22. The summed E-state index contributed by atoms with van der Waals surface area (Å²) in [7, 11) is 0. The minimum Gasteiger partial charge on any atom is -0.393 e. The molecular formula is C13H24O. The fraction of sp³-hybridized carbons (Fsp3) is 1.00. The molecule has 2 aliphatic rings. The van der Waals surface area contributed by atoms with Gasteiger partial charge in [-0.3, -0.25) is 0 Å². The molecule has 0 aromatic rings. The maximum atomic E-state index is 10.1. The number of hydrogen-bond donors (Lipinski definition) is 1. The molecule has 2 fully saturated rings. The summed E-state index contributed by atoms with van der Waals surface area (Å²) < 4.78 is 0. The number of aliphatic hydroxyl groups is 1. The Morgan fingerprint density at radius 1 is 1.21 bits per heavy atom. The minimum absolute atomic E-state index is 0.00419. The molecule has 2 aliphatic carbocycles. The van der Waals surface area contributed by atoms with Crippen LogP contribution in [0, 0.1) is 23.2 Å². The third-order valence-electron chi connectivity index (χ3n) is 4.11. The maximum Gasteiger partial charge on any atom is 0.0574 e. The monoisotopic (exact) mass is 196 g/mol. The first-order valence-electron chi connectivity index (χ1n) is 6.17.